The average molecular weight is 405 g/mol. The molecule has 3 aromatic heterocycles. The Morgan fingerprint density at radius 2 is 1.87 bits per heavy atom. The van der Waals surface area contributed by atoms with Gasteiger partial charge in [0, 0.05) is 41.1 Å². The Labute approximate surface area is 176 Å². The average Bonchev–Trinajstić information content (AvgIpc) is 3.32. The predicted octanol–water partition coefficient (Wildman–Crippen LogP) is 4.74. The molecule has 0 aliphatic heterocycles. The minimum atomic E-state index is -0.342. The summed E-state index contributed by atoms with van der Waals surface area (Å²) >= 11 is 0. The summed E-state index contributed by atoms with van der Waals surface area (Å²) in [6.45, 7) is 3.11. The summed E-state index contributed by atoms with van der Waals surface area (Å²) in [5, 5.41) is 5.58. The molecule has 1 N–H and O–H groups in total. The quantitative estimate of drug-likeness (QED) is 0.638. The van der Waals surface area contributed by atoms with Crippen LogP contribution in [-0.2, 0) is 11.3 Å². The van der Waals surface area contributed by atoms with Crippen LogP contribution in [0, 0.1) is 30.1 Å². The summed E-state index contributed by atoms with van der Waals surface area (Å²) in [7, 11) is 1.42. The van der Waals surface area contributed by atoms with Gasteiger partial charge in [-0.05, 0) is 74.7 Å². The first kappa shape index (κ1) is 18.2. The van der Waals surface area contributed by atoms with Crippen LogP contribution in [0.1, 0.15) is 54.6 Å². The van der Waals surface area contributed by atoms with E-state index < -0.39 is 0 Å². The fourth-order valence-electron chi connectivity index (χ4n) is 7.21. The fourth-order valence-corrected chi connectivity index (χ4v) is 7.21. The number of hydrogen-bond donors (Lipinski definition) is 1. The maximum Gasteiger partial charge on any atom is 0.339 e. The van der Waals surface area contributed by atoms with Gasteiger partial charge < -0.3 is 9.72 Å². The Morgan fingerprint density at radius 1 is 1.17 bits per heavy atom. The number of rotatable bonds is 4. The Kier molecular flexibility index (Phi) is 3.89. The van der Waals surface area contributed by atoms with Crippen LogP contribution >= 0.6 is 0 Å². The lowest BCUT2D eigenvalue weighted by Crippen LogP contribution is -2.48. The van der Waals surface area contributed by atoms with E-state index in [1.165, 1.54) is 45.6 Å². The summed E-state index contributed by atoms with van der Waals surface area (Å²) in [6.07, 6.45) is 13.9. The molecule has 4 fully saturated rings. The molecule has 7 rings (SSSR count). The van der Waals surface area contributed by atoms with E-state index in [4.69, 9.17) is 9.84 Å². The lowest BCUT2D eigenvalue weighted by Gasteiger charge is -2.56. The Morgan fingerprint density at radius 3 is 2.53 bits per heavy atom. The maximum absolute atomic E-state index is 12.6. The SMILES string of the molecule is COC(=O)c1c(-c2cnn(CC34CC5CC(CC(C5)C3)C4)c2C)cnc2[nH]ccc12. The second kappa shape index (κ2) is 6.43. The molecule has 0 spiro atoms. The number of H-pyrrole nitrogens is 1. The molecule has 0 saturated heterocycles. The van der Waals surface area contributed by atoms with Crippen LogP contribution in [0.15, 0.2) is 24.7 Å². The van der Waals surface area contributed by atoms with Gasteiger partial charge in [-0.2, -0.15) is 5.10 Å². The zero-order valence-corrected chi connectivity index (χ0v) is 17.6. The lowest BCUT2D eigenvalue weighted by molar-refractivity contribution is -0.0638. The van der Waals surface area contributed by atoms with Gasteiger partial charge in [0.15, 0.2) is 0 Å². The van der Waals surface area contributed by atoms with E-state index in [0.717, 1.165) is 46.5 Å². The molecule has 4 bridgehead atoms. The van der Waals surface area contributed by atoms with E-state index in [0.29, 0.717) is 16.6 Å². The van der Waals surface area contributed by atoms with E-state index in [-0.39, 0.29) is 5.97 Å². The number of carbonyl (C=O) groups is 1. The van der Waals surface area contributed by atoms with E-state index >= 15 is 0 Å². The monoisotopic (exact) mass is 404 g/mol. The Balaban J connectivity index is 1.39. The summed E-state index contributed by atoms with van der Waals surface area (Å²) in [5.41, 5.74) is 4.53. The first-order valence-corrected chi connectivity index (χ1v) is 11.1. The van der Waals surface area contributed by atoms with Crippen LogP contribution in [0.4, 0.5) is 0 Å². The molecule has 0 radical (unpaired) electrons. The number of aromatic nitrogens is 4. The number of fused-ring (bicyclic) bond motifs is 1. The van der Waals surface area contributed by atoms with Crippen molar-refractivity contribution in [2.75, 3.05) is 7.11 Å². The number of ether oxygens (including phenoxy) is 1. The molecule has 4 aliphatic rings. The van der Waals surface area contributed by atoms with Crippen LogP contribution < -0.4 is 0 Å². The van der Waals surface area contributed by atoms with Gasteiger partial charge in [0.05, 0.1) is 18.9 Å². The van der Waals surface area contributed by atoms with Gasteiger partial charge in [0.25, 0.3) is 0 Å². The van der Waals surface area contributed by atoms with Crippen LogP contribution in [0.3, 0.4) is 0 Å². The third kappa shape index (κ3) is 2.65. The highest BCUT2D eigenvalue weighted by atomic mass is 16.5. The van der Waals surface area contributed by atoms with Crippen molar-refractivity contribution in [1.82, 2.24) is 19.7 Å². The molecule has 3 aromatic rings. The Bertz CT molecular complexity index is 1110. The summed E-state index contributed by atoms with van der Waals surface area (Å²) in [6, 6.07) is 1.88. The third-order valence-electron chi connectivity index (χ3n) is 8.02. The number of nitrogens with one attached hydrogen (secondary N) is 1. The highest BCUT2D eigenvalue weighted by molar-refractivity contribution is 6.08. The molecule has 0 atom stereocenters. The number of nitrogens with zero attached hydrogens (tertiary/aromatic N) is 3. The molecule has 0 aromatic carbocycles. The van der Waals surface area contributed by atoms with Gasteiger partial charge in [0.2, 0.25) is 0 Å². The first-order chi connectivity index (χ1) is 14.5. The number of aromatic amines is 1. The van der Waals surface area contributed by atoms with Crippen molar-refractivity contribution < 1.29 is 9.53 Å². The molecule has 30 heavy (non-hydrogen) atoms. The standard InChI is InChI=1S/C24H28N4O2/c1-14-19(20-11-26-22-18(3-4-25-22)21(20)23(29)30-2)12-27-28(14)13-24-8-15-5-16(9-24)7-17(6-15)10-24/h3-4,11-12,15-17H,5-10,13H2,1-2H3,(H,25,26). The molecule has 156 valence electrons. The van der Waals surface area contributed by atoms with Gasteiger partial charge >= 0.3 is 5.97 Å². The maximum atomic E-state index is 12.6. The molecule has 6 nitrogen and oxygen atoms in total. The molecular weight excluding hydrogens is 376 g/mol. The van der Waals surface area contributed by atoms with E-state index in [9.17, 15) is 4.79 Å². The third-order valence-corrected chi connectivity index (χ3v) is 8.02. The van der Waals surface area contributed by atoms with Crippen molar-refractivity contribution in [3.05, 3.63) is 35.9 Å². The molecule has 0 unspecified atom stereocenters. The second-order valence-electron chi connectivity index (χ2n) is 10.00. The minimum Gasteiger partial charge on any atom is -0.465 e. The van der Waals surface area contributed by atoms with Crippen molar-refractivity contribution in [2.24, 2.45) is 23.2 Å². The number of pyridine rings is 1. The van der Waals surface area contributed by atoms with Gasteiger partial charge in [-0.25, -0.2) is 9.78 Å². The van der Waals surface area contributed by atoms with E-state index in [1.807, 2.05) is 12.3 Å². The van der Waals surface area contributed by atoms with E-state index in [2.05, 4.69) is 21.6 Å². The molecule has 6 heteroatoms. The topological polar surface area (TPSA) is 72.8 Å². The highest BCUT2D eigenvalue weighted by Gasteiger charge is 2.51. The normalized spacial score (nSPS) is 29.6. The van der Waals surface area contributed by atoms with Crippen molar-refractivity contribution >= 4 is 17.0 Å². The first-order valence-electron chi connectivity index (χ1n) is 11.1. The largest absolute Gasteiger partial charge is 0.465 e. The summed E-state index contributed by atoms with van der Waals surface area (Å²) < 4.78 is 7.29. The van der Waals surface area contributed by atoms with Crippen molar-refractivity contribution in [2.45, 2.75) is 52.0 Å². The summed E-state index contributed by atoms with van der Waals surface area (Å²) in [4.78, 5) is 20.3. The van der Waals surface area contributed by atoms with Crippen LogP contribution in [0.5, 0.6) is 0 Å². The molecule has 0 amide bonds. The fraction of sp³-hybridized carbons (Fsp3) is 0.542. The molecule has 4 saturated carbocycles. The van der Waals surface area contributed by atoms with Gasteiger partial charge in [-0.3, -0.25) is 4.68 Å². The van der Waals surface area contributed by atoms with Crippen molar-refractivity contribution in [1.29, 1.82) is 0 Å². The van der Waals surface area contributed by atoms with Crippen molar-refractivity contribution in [3.63, 3.8) is 0 Å². The highest BCUT2D eigenvalue weighted by Crippen LogP contribution is 2.60. The zero-order chi connectivity index (χ0) is 20.5. The van der Waals surface area contributed by atoms with Crippen LogP contribution in [0.25, 0.3) is 22.2 Å². The van der Waals surface area contributed by atoms with Crippen LogP contribution in [-0.4, -0.2) is 32.8 Å². The Hall–Kier alpha value is -2.63. The summed E-state index contributed by atoms with van der Waals surface area (Å²) in [5.74, 6) is 2.44. The number of esters is 1. The number of methoxy groups -OCH3 is 1. The van der Waals surface area contributed by atoms with E-state index in [1.54, 1.807) is 12.4 Å². The molecule has 3 heterocycles. The van der Waals surface area contributed by atoms with Crippen LogP contribution in [0.2, 0.25) is 0 Å². The molecule has 4 aliphatic carbocycles. The molecular formula is C24H28N4O2. The number of carbonyl (C=O) groups excluding carboxylic acids is 1. The predicted molar refractivity (Wildman–Crippen MR) is 114 cm³/mol. The second-order valence-corrected chi connectivity index (χ2v) is 10.00. The lowest BCUT2D eigenvalue weighted by atomic mass is 9.49. The minimum absolute atomic E-state index is 0.342. The number of hydrogen-bond acceptors (Lipinski definition) is 4. The van der Waals surface area contributed by atoms with Gasteiger partial charge in [-0.1, -0.05) is 0 Å². The van der Waals surface area contributed by atoms with Gasteiger partial charge in [0.1, 0.15) is 5.65 Å². The zero-order valence-electron chi connectivity index (χ0n) is 17.6. The smallest absolute Gasteiger partial charge is 0.339 e. The van der Waals surface area contributed by atoms with Crippen molar-refractivity contribution in [3.8, 4) is 11.1 Å². The van der Waals surface area contributed by atoms with Gasteiger partial charge in [-0.15, -0.1) is 0 Å².